The molecule has 0 bridgehead atoms. The van der Waals surface area contributed by atoms with Crippen molar-refractivity contribution in [3.05, 3.63) is 53.7 Å². The first-order valence-corrected chi connectivity index (χ1v) is 7.88. The largest absolute Gasteiger partial charge is 0.328 e. The van der Waals surface area contributed by atoms with Crippen LogP contribution in [-0.4, -0.2) is 9.55 Å². The van der Waals surface area contributed by atoms with Crippen LogP contribution >= 0.6 is 0 Å². The van der Waals surface area contributed by atoms with Crippen molar-refractivity contribution in [1.29, 1.82) is 0 Å². The van der Waals surface area contributed by atoms with Gasteiger partial charge in [-0.05, 0) is 43.4 Å². The van der Waals surface area contributed by atoms with Gasteiger partial charge in [-0.2, -0.15) is 0 Å². The molecule has 1 aliphatic carbocycles. The van der Waals surface area contributed by atoms with Crippen molar-refractivity contribution >= 4 is 21.9 Å². The van der Waals surface area contributed by atoms with E-state index in [0.717, 1.165) is 17.6 Å². The van der Waals surface area contributed by atoms with Crippen molar-refractivity contribution < 1.29 is 0 Å². The number of nitrogens with zero attached hydrogens (tertiary/aromatic N) is 2. The van der Waals surface area contributed by atoms with Crippen molar-refractivity contribution in [2.45, 2.75) is 25.7 Å². The number of fused-ring (bicyclic) bond motifs is 3. The molecule has 0 saturated carbocycles. The van der Waals surface area contributed by atoms with Gasteiger partial charge in [-0.25, -0.2) is 4.98 Å². The molecule has 0 atom stereocenters. The number of hydrogen-bond donors (Lipinski definition) is 0. The Labute approximate surface area is 130 Å². The summed E-state index contributed by atoms with van der Waals surface area (Å²) in [6.45, 7) is 0. The topological polar surface area (TPSA) is 17.8 Å². The van der Waals surface area contributed by atoms with Crippen LogP contribution in [0.15, 0.2) is 48.2 Å². The van der Waals surface area contributed by atoms with Crippen LogP contribution in [0.4, 0.5) is 0 Å². The molecule has 2 aromatic heterocycles. The Morgan fingerprint density at radius 3 is 2.86 bits per heavy atom. The zero-order chi connectivity index (χ0) is 14.9. The number of hydrogen-bond acceptors (Lipinski definition) is 1. The van der Waals surface area contributed by atoms with Crippen LogP contribution in [0.25, 0.3) is 21.9 Å². The van der Waals surface area contributed by atoms with E-state index < -0.39 is 0 Å². The summed E-state index contributed by atoms with van der Waals surface area (Å²) in [4.78, 5) is 4.55. The van der Waals surface area contributed by atoms with E-state index in [9.17, 15) is 0 Å². The third-order valence-electron chi connectivity index (χ3n) is 4.43. The molecular formula is C20H18N2. The van der Waals surface area contributed by atoms with Crippen molar-refractivity contribution in [1.82, 2.24) is 9.55 Å². The van der Waals surface area contributed by atoms with Crippen LogP contribution in [0.2, 0.25) is 0 Å². The normalized spacial score (nSPS) is 14.7. The Morgan fingerprint density at radius 2 is 2.00 bits per heavy atom. The number of aromatic nitrogens is 2. The minimum atomic E-state index is 1.01. The van der Waals surface area contributed by atoms with E-state index >= 15 is 0 Å². The fourth-order valence-corrected chi connectivity index (χ4v) is 3.27. The summed E-state index contributed by atoms with van der Waals surface area (Å²) in [5.74, 6) is 6.77. The molecule has 108 valence electrons. The molecule has 0 saturated heterocycles. The highest BCUT2D eigenvalue weighted by atomic mass is 15.0. The van der Waals surface area contributed by atoms with Gasteiger partial charge in [0.2, 0.25) is 0 Å². The van der Waals surface area contributed by atoms with Gasteiger partial charge < -0.3 is 4.57 Å². The highest BCUT2D eigenvalue weighted by molar-refractivity contribution is 6.09. The average Bonchev–Trinajstić information content (AvgIpc) is 2.88. The summed E-state index contributed by atoms with van der Waals surface area (Å²) in [5.41, 5.74) is 4.58. The SMILES string of the molecule is Cn1c2ccccc2c2c(C#CC3=CCCCC3)ccnc21. The minimum Gasteiger partial charge on any atom is -0.328 e. The van der Waals surface area contributed by atoms with E-state index in [-0.39, 0.29) is 0 Å². The Hall–Kier alpha value is -2.53. The van der Waals surface area contributed by atoms with Crippen molar-refractivity contribution in [2.24, 2.45) is 7.05 Å². The summed E-state index contributed by atoms with van der Waals surface area (Å²) in [7, 11) is 2.07. The Bertz CT molecular complexity index is 948. The van der Waals surface area contributed by atoms with Crippen molar-refractivity contribution in [2.75, 3.05) is 0 Å². The number of aryl methyl sites for hydroxylation is 1. The maximum Gasteiger partial charge on any atom is 0.141 e. The number of benzene rings is 1. The molecule has 0 spiro atoms. The Kier molecular flexibility index (Phi) is 3.20. The van der Waals surface area contributed by atoms with Gasteiger partial charge in [0, 0.05) is 29.6 Å². The Morgan fingerprint density at radius 1 is 1.09 bits per heavy atom. The van der Waals surface area contributed by atoms with Gasteiger partial charge in [0.1, 0.15) is 5.65 Å². The summed E-state index contributed by atoms with van der Waals surface area (Å²) in [6, 6.07) is 10.5. The monoisotopic (exact) mass is 286 g/mol. The van der Waals surface area contributed by atoms with Crippen molar-refractivity contribution in [3.63, 3.8) is 0 Å². The maximum absolute atomic E-state index is 4.55. The third-order valence-corrected chi connectivity index (χ3v) is 4.43. The van der Waals surface area contributed by atoms with E-state index in [0.29, 0.717) is 0 Å². The first-order valence-electron chi connectivity index (χ1n) is 7.88. The summed E-state index contributed by atoms with van der Waals surface area (Å²) in [6.07, 6.45) is 9.01. The molecule has 2 nitrogen and oxygen atoms in total. The second-order valence-electron chi connectivity index (χ2n) is 5.86. The van der Waals surface area contributed by atoms with Gasteiger partial charge in [0.05, 0.1) is 5.52 Å². The predicted octanol–water partition coefficient (Wildman–Crippen LogP) is 4.58. The highest BCUT2D eigenvalue weighted by Gasteiger charge is 2.11. The fourth-order valence-electron chi connectivity index (χ4n) is 3.27. The molecule has 2 heterocycles. The lowest BCUT2D eigenvalue weighted by atomic mass is 9.99. The summed E-state index contributed by atoms with van der Waals surface area (Å²) >= 11 is 0. The van der Waals surface area contributed by atoms with Gasteiger partial charge in [0.15, 0.2) is 0 Å². The van der Waals surface area contributed by atoms with Gasteiger partial charge in [-0.3, -0.25) is 0 Å². The van der Waals surface area contributed by atoms with E-state index in [1.807, 2.05) is 12.3 Å². The van der Waals surface area contributed by atoms with Crippen LogP contribution in [0, 0.1) is 11.8 Å². The minimum absolute atomic E-state index is 1.01. The lowest BCUT2D eigenvalue weighted by Crippen LogP contribution is -1.90. The zero-order valence-corrected chi connectivity index (χ0v) is 12.8. The molecular weight excluding hydrogens is 268 g/mol. The molecule has 0 amide bonds. The molecule has 4 rings (SSSR count). The van der Waals surface area contributed by atoms with Crippen LogP contribution in [0.1, 0.15) is 31.2 Å². The zero-order valence-electron chi connectivity index (χ0n) is 12.8. The predicted molar refractivity (Wildman–Crippen MR) is 91.6 cm³/mol. The van der Waals surface area contributed by atoms with E-state index in [1.54, 1.807) is 0 Å². The van der Waals surface area contributed by atoms with Gasteiger partial charge in [-0.1, -0.05) is 36.1 Å². The standard InChI is InChI=1S/C20H18N2/c1-22-18-10-6-5-9-17(18)19-16(13-14-21-20(19)22)12-11-15-7-3-2-4-8-15/h5-7,9-10,13-14H,2-4,8H2,1H3. The van der Waals surface area contributed by atoms with Crippen LogP contribution in [-0.2, 0) is 7.05 Å². The fraction of sp³-hybridized carbons (Fsp3) is 0.250. The average molecular weight is 286 g/mol. The lowest BCUT2D eigenvalue weighted by Gasteiger charge is -2.05. The van der Waals surface area contributed by atoms with Crippen LogP contribution < -0.4 is 0 Å². The number of pyridine rings is 1. The molecule has 0 fully saturated rings. The molecule has 0 N–H and O–H groups in total. The lowest BCUT2D eigenvalue weighted by molar-refractivity contribution is 0.715. The highest BCUT2D eigenvalue weighted by Crippen LogP contribution is 2.29. The molecule has 0 unspecified atom stereocenters. The Balaban J connectivity index is 1.93. The van der Waals surface area contributed by atoms with Crippen molar-refractivity contribution in [3.8, 4) is 11.8 Å². The van der Waals surface area contributed by atoms with E-state index in [2.05, 4.69) is 58.8 Å². The van der Waals surface area contributed by atoms with Gasteiger partial charge in [0.25, 0.3) is 0 Å². The molecule has 22 heavy (non-hydrogen) atoms. The second kappa shape index (κ2) is 5.35. The third kappa shape index (κ3) is 2.10. The van der Waals surface area contributed by atoms with E-state index in [4.69, 9.17) is 0 Å². The van der Waals surface area contributed by atoms with Crippen LogP contribution in [0.5, 0.6) is 0 Å². The number of allylic oxidation sites excluding steroid dienone is 2. The molecule has 0 aliphatic heterocycles. The molecule has 1 aromatic carbocycles. The quantitative estimate of drug-likeness (QED) is 0.553. The first-order chi connectivity index (χ1) is 10.8. The van der Waals surface area contributed by atoms with Gasteiger partial charge in [-0.15, -0.1) is 0 Å². The van der Waals surface area contributed by atoms with E-state index in [1.165, 1.54) is 41.1 Å². The second-order valence-corrected chi connectivity index (χ2v) is 5.86. The maximum atomic E-state index is 4.55. The van der Waals surface area contributed by atoms with Gasteiger partial charge >= 0.3 is 0 Å². The molecule has 0 radical (unpaired) electrons. The summed E-state index contributed by atoms with van der Waals surface area (Å²) < 4.78 is 2.15. The smallest absolute Gasteiger partial charge is 0.141 e. The first kappa shape index (κ1) is 13.2. The number of rotatable bonds is 0. The van der Waals surface area contributed by atoms with Crippen LogP contribution in [0.3, 0.4) is 0 Å². The molecule has 3 aromatic rings. The molecule has 2 heteroatoms. The summed E-state index contributed by atoms with van der Waals surface area (Å²) in [5, 5.41) is 2.40. The number of para-hydroxylation sites is 1. The molecule has 1 aliphatic rings.